The minimum Gasteiger partial charge on any atom is -0.480 e. The minimum atomic E-state index is -1.04. The van der Waals surface area contributed by atoms with Gasteiger partial charge in [0.25, 0.3) is 0 Å². The zero-order chi connectivity index (χ0) is 26.2. The van der Waals surface area contributed by atoms with Crippen molar-refractivity contribution in [3.8, 4) is 11.5 Å². The van der Waals surface area contributed by atoms with E-state index in [-0.39, 0.29) is 25.0 Å². The first-order valence-corrected chi connectivity index (χ1v) is 13.1. The van der Waals surface area contributed by atoms with Crippen molar-refractivity contribution in [3.63, 3.8) is 0 Å². The van der Waals surface area contributed by atoms with Crippen molar-refractivity contribution in [2.24, 2.45) is 5.92 Å². The van der Waals surface area contributed by atoms with Crippen molar-refractivity contribution < 1.29 is 23.8 Å². The average molecular weight is 505 g/mol. The van der Waals surface area contributed by atoms with E-state index >= 15 is 0 Å². The van der Waals surface area contributed by atoms with Crippen LogP contribution in [0.4, 0.5) is 0 Å². The predicted molar refractivity (Wildman–Crippen MR) is 141 cm³/mol. The largest absolute Gasteiger partial charge is 0.480 e. The molecular formula is C30H36N2O5. The van der Waals surface area contributed by atoms with Crippen molar-refractivity contribution >= 4 is 11.9 Å². The summed E-state index contributed by atoms with van der Waals surface area (Å²) in [5, 5.41) is 11.2. The number of carbonyl (C=O) groups excluding carboxylic acids is 1. The number of hydrogen-bond acceptors (Lipinski definition) is 5. The van der Waals surface area contributed by atoms with E-state index in [9.17, 15) is 9.59 Å². The van der Waals surface area contributed by atoms with Crippen molar-refractivity contribution in [2.75, 3.05) is 6.54 Å². The van der Waals surface area contributed by atoms with Crippen molar-refractivity contribution in [2.45, 2.75) is 71.5 Å². The lowest BCUT2D eigenvalue weighted by molar-refractivity contribution is -0.137. The van der Waals surface area contributed by atoms with E-state index in [0.29, 0.717) is 18.4 Å². The molecule has 0 bridgehead atoms. The number of oxazole rings is 1. The molecule has 2 atom stereocenters. The molecule has 2 unspecified atom stereocenters. The smallest absolute Gasteiger partial charge is 0.322 e. The molecule has 1 saturated carbocycles. The van der Waals surface area contributed by atoms with Crippen LogP contribution in [0.5, 0.6) is 0 Å². The monoisotopic (exact) mass is 504 g/mol. The van der Waals surface area contributed by atoms with E-state index in [2.05, 4.69) is 30.4 Å². The molecule has 2 N–H and O–H groups in total. The Morgan fingerprint density at radius 2 is 1.92 bits per heavy atom. The number of aryl methyl sites for hydroxylation is 3. The second-order valence-corrected chi connectivity index (χ2v) is 10.0. The second kappa shape index (κ2) is 12.7. The van der Waals surface area contributed by atoms with Crippen molar-refractivity contribution in [1.29, 1.82) is 0 Å². The molecule has 3 aromatic rings. The fourth-order valence-electron chi connectivity index (χ4n) is 5.06. The third-order valence-corrected chi connectivity index (χ3v) is 7.08. The highest BCUT2D eigenvalue weighted by atomic mass is 16.5. The average Bonchev–Trinajstić information content (AvgIpc) is 3.26. The number of nitrogens with zero attached hydrogens (tertiary/aromatic N) is 1. The molecule has 1 aliphatic rings. The summed E-state index contributed by atoms with van der Waals surface area (Å²) in [4.78, 5) is 27.5. The van der Waals surface area contributed by atoms with Gasteiger partial charge in [-0.1, -0.05) is 54.8 Å². The van der Waals surface area contributed by atoms with Gasteiger partial charge in [-0.15, -0.1) is 0 Å². The van der Waals surface area contributed by atoms with E-state index in [1.807, 2.05) is 37.3 Å². The number of nitrogens with one attached hydrogen (secondary N) is 1. The molecule has 196 valence electrons. The van der Waals surface area contributed by atoms with Gasteiger partial charge in [0.2, 0.25) is 11.8 Å². The summed E-state index contributed by atoms with van der Waals surface area (Å²) in [6.07, 6.45) is 6.72. The van der Waals surface area contributed by atoms with Gasteiger partial charge >= 0.3 is 5.97 Å². The van der Waals surface area contributed by atoms with Gasteiger partial charge in [0.15, 0.2) is 0 Å². The van der Waals surface area contributed by atoms with Crippen LogP contribution in [0.1, 0.15) is 60.2 Å². The van der Waals surface area contributed by atoms with Gasteiger partial charge in [0.05, 0.1) is 19.1 Å². The minimum absolute atomic E-state index is 0.196. The van der Waals surface area contributed by atoms with E-state index in [4.69, 9.17) is 19.2 Å². The Morgan fingerprint density at radius 3 is 2.70 bits per heavy atom. The number of aromatic nitrogens is 1. The Bertz CT molecular complexity index is 1220. The Balaban J connectivity index is 1.28. The topological polar surface area (TPSA) is 102 Å². The van der Waals surface area contributed by atoms with Gasteiger partial charge < -0.3 is 19.6 Å². The highest BCUT2D eigenvalue weighted by Gasteiger charge is 2.24. The van der Waals surface area contributed by atoms with Crippen LogP contribution in [-0.2, 0) is 33.8 Å². The maximum atomic E-state index is 12.1. The third kappa shape index (κ3) is 7.76. The number of benzene rings is 2. The molecule has 1 fully saturated rings. The normalized spacial score (nSPS) is 17.5. The molecule has 0 saturated heterocycles. The SMILES string of the molecule is Cc1cccc(-c2nc(COC3CCCC(CCc4ccccc4CC(=O)NCC(=O)O)C3)c(C)o2)c1. The fourth-order valence-corrected chi connectivity index (χ4v) is 5.06. The maximum Gasteiger partial charge on any atom is 0.322 e. The molecule has 1 heterocycles. The Morgan fingerprint density at radius 1 is 1.11 bits per heavy atom. The molecule has 1 amide bonds. The van der Waals surface area contributed by atoms with Crippen LogP contribution >= 0.6 is 0 Å². The number of carboxylic acid groups (broad SMARTS) is 1. The maximum absolute atomic E-state index is 12.1. The Hall–Kier alpha value is -3.45. The van der Waals surface area contributed by atoms with Crippen molar-refractivity contribution in [3.05, 3.63) is 76.7 Å². The first-order chi connectivity index (χ1) is 17.9. The highest BCUT2D eigenvalue weighted by Crippen LogP contribution is 2.31. The zero-order valence-electron chi connectivity index (χ0n) is 21.7. The van der Waals surface area contributed by atoms with Crippen LogP contribution in [-0.4, -0.2) is 34.6 Å². The van der Waals surface area contributed by atoms with Gasteiger partial charge in [0, 0.05) is 5.56 Å². The van der Waals surface area contributed by atoms with Crippen LogP contribution in [0.2, 0.25) is 0 Å². The summed E-state index contributed by atoms with van der Waals surface area (Å²) in [6, 6.07) is 16.1. The van der Waals surface area contributed by atoms with Crippen LogP contribution in [0, 0.1) is 19.8 Å². The lowest BCUT2D eigenvalue weighted by atomic mass is 9.83. The van der Waals surface area contributed by atoms with E-state index in [1.54, 1.807) is 0 Å². The molecule has 0 spiro atoms. The van der Waals surface area contributed by atoms with Gasteiger partial charge in [-0.3, -0.25) is 9.59 Å². The van der Waals surface area contributed by atoms with E-state index < -0.39 is 5.97 Å². The summed E-state index contributed by atoms with van der Waals surface area (Å²) in [5.41, 5.74) is 5.11. The molecule has 7 nitrogen and oxygen atoms in total. The van der Waals surface area contributed by atoms with Gasteiger partial charge in [-0.25, -0.2) is 4.98 Å². The molecule has 1 aromatic heterocycles. The summed E-state index contributed by atoms with van der Waals surface area (Å²) < 4.78 is 12.2. The number of carboxylic acids is 1. The molecule has 0 aliphatic heterocycles. The number of rotatable bonds is 11. The van der Waals surface area contributed by atoms with E-state index in [0.717, 1.165) is 60.2 Å². The zero-order valence-corrected chi connectivity index (χ0v) is 21.7. The lowest BCUT2D eigenvalue weighted by Gasteiger charge is -2.29. The summed E-state index contributed by atoms with van der Waals surface area (Å²) in [6.45, 7) is 4.09. The number of aliphatic carboxylic acids is 1. The lowest BCUT2D eigenvalue weighted by Crippen LogP contribution is -2.30. The van der Waals surface area contributed by atoms with Crippen molar-refractivity contribution in [1.82, 2.24) is 10.3 Å². The molecule has 37 heavy (non-hydrogen) atoms. The summed E-state index contributed by atoms with van der Waals surface area (Å²) in [7, 11) is 0. The fraction of sp³-hybridized carbons (Fsp3) is 0.433. The predicted octanol–water partition coefficient (Wildman–Crippen LogP) is 5.41. The van der Waals surface area contributed by atoms with Crippen LogP contribution in [0.25, 0.3) is 11.5 Å². The van der Waals surface area contributed by atoms with Gasteiger partial charge in [-0.05, 0) is 68.7 Å². The molecule has 2 aromatic carbocycles. The second-order valence-electron chi connectivity index (χ2n) is 10.0. The number of ether oxygens (including phenoxy) is 1. The highest BCUT2D eigenvalue weighted by molar-refractivity contribution is 5.83. The Kier molecular flexibility index (Phi) is 9.12. The van der Waals surface area contributed by atoms with Crippen LogP contribution in [0.15, 0.2) is 52.9 Å². The molecule has 4 rings (SSSR count). The number of amides is 1. The first kappa shape index (κ1) is 26.6. The quantitative estimate of drug-likeness (QED) is 0.362. The van der Waals surface area contributed by atoms with Crippen LogP contribution < -0.4 is 5.32 Å². The third-order valence-electron chi connectivity index (χ3n) is 7.08. The molecule has 7 heteroatoms. The summed E-state index contributed by atoms with van der Waals surface area (Å²) >= 11 is 0. The van der Waals surface area contributed by atoms with Crippen LogP contribution in [0.3, 0.4) is 0 Å². The molecule has 0 radical (unpaired) electrons. The molecular weight excluding hydrogens is 468 g/mol. The first-order valence-electron chi connectivity index (χ1n) is 13.1. The van der Waals surface area contributed by atoms with Gasteiger partial charge in [-0.2, -0.15) is 0 Å². The van der Waals surface area contributed by atoms with E-state index in [1.165, 1.54) is 12.0 Å². The number of carbonyl (C=O) groups is 2. The standard InChI is InChI=1S/C30H36N2O5/c1-20-7-5-11-25(15-20)30-32-27(21(2)37-30)19-36-26-12-6-8-22(16-26)13-14-23-9-3-4-10-24(23)17-28(33)31-18-29(34)35/h3-5,7,9-11,15,22,26H,6,8,12-14,16-19H2,1-2H3,(H,31,33)(H,34,35). The van der Waals surface area contributed by atoms with Gasteiger partial charge in [0.1, 0.15) is 18.0 Å². The molecule has 1 aliphatic carbocycles. The number of hydrogen-bond donors (Lipinski definition) is 2. The Labute approximate surface area is 218 Å². The summed E-state index contributed by atoms with van der Waals surface area (Å²) in [5.74, 6) is 0.689.